The number of H-pyrrole nitrogens is 1. The third kappa shape index (κ3) is 0.857. The number of nitrogens with two attached hydrogens (primary N) is 1. The first kappa shape index (κ1) is 6.23. The van der Waals surface area contributed by atoms with Gasteiger partial charge in [0.2, 0.25) is 0 Å². The Morgan fingerprint density at radius 1 is 1.55 bits per heavy atom. The molecule has 56 valence electrons. The van der Waals surface area contributed by atoms with E-state index in [1.807, 2.05) is 6.07 Å². The molecule has 0 aromatic rings. The van der Waals surface area contributed by atoms with E-state index in [0.717, 1.165) is 17.1 Å². The fraction of sp³-hybridized carbons (Fsp3) is 0.167. The Morgan fingerprint density at radius 3 is 3.27 bits per heavy atom. The summed E-state index contributed by atoms with van der Waals surface area (Å²) in [7, 11) is 0. The van der Waals surface area contributed by atoms with Crippen LogP contribution >= 0.6 is 0 Å². The predicted octanol–water partition coefficient (Wildman–Crippen LogP) is -0.237. The fourth-order valence-corrected chi connectivity index (χ4v) is 0.979. The van der Waals surface area contributed by atoms with Gasteiger partial charge in [0.25, 0.3) is 0 Å². The predicted molar refractivity (Wildman–Crippen MR) is 38.7 cm³/mol. The molecule has 11 heavy (non-hydrogen) atoms. The molecule has 0 aromatic heterocycles. The molecule has 3 N–H and O–H groups in total. The Kier molecular flexibility index (Phi) is 1.29. The topological polar surface area (TPSA) is 80.5 Å². The molecule has 0 atom stereocenters. The summed E-state index contributed by atoms with van der Waals surface area (Å²) >= 11 is 0. The van der Waals surface area contributed by atoms with Gasteiger partial charge in [-0.05, 0) is 6.07 Å². The van der Waals surface area contributed by atoms with Crippen molar-refractivity contribution in [2.24, 2.45) is 5.73 Å². The number of hydrogen-bond acceptors (Lipinski definition) is 4. The molecule has 0 aliphatic carbocycles. The molecule has 2 aliphatic rings. The van der Waals surface area contributed by atoms with Crippen LogP contribution in [0.15, 0.2) is 12.3 Å². The van der Waals surface area contributed by atoms with E-state index in [2.05, 4.69) is 20.4 Å². The Hall–Kier alpha value is -1.49. The maximum absolute atomic E-state index is 5.42. The molecule has 0 saturated carbocycles. The van der Waals surface area contributed by atoms with E-state index >= 15 is 0 Å². The average molecular weight is 149 g/mol. The molecule has 0 saturated heterocycles. The highest BCUT2D eigenvalue weighted by molar-refractivity contribution is 5.57. The highest BCUT2D eigenvalue weighted by Crippen LogP contribution is 2.17. The van der Waals surface area contributed by atoms with Gasteiger partial charge in [-0.3, -0.25) is 10.1 Å². The molecule has 0 bridgehead atoms. The first-order chi connectivity index (χ1) is 5.42. The Morgan fingerprint density at radius 2 is 2.45 bits per heavy atom. The van der Waals surface area contributed by atoms with Gasteiger partial charge in [0.15, 0.2) is 0 Å². The van der Waals surface area contributed by atoms with Crippen LogP contribution in [0.2, 0.25) is 0 Å². The van der Waals surface area contributed by atoms with Crippen LogP contribution in [0.3, 0.4) is 0 Å². The standard InChI is InChI=1S/C6H7N5/c7-3-5-6-4(1-2-8-6)9-11-10-5/h1-2H,3,7H2,(H,9,10). The third-order valence-corrected chi connectivity index (χ3v) is 1.51. The zero-order valence-electron chi connectivity index (χ0n) is 5.78. The number of hydrogen-bond donors (Lipinski definition) is 2. The average Bonchev–Trinajstić information content (AvgIpc) is 2.50. The Labute approximate surface area is 63.0 Å². The number of aromatic nitrogens is 4. The van der Waals surface area contributed by atoms with Gasteiger partial charge < -0.3 is 5.73 Å². The first-order valence-corrected chi connectivity index (χ1v) is 3.26. The normalized spacial score (nSPS) is 10.6. The van der Waals surface area contributed by atoms with Crippen molar-refractivity contribution >= 4 is 0 Å². The second-order valence-corrected chi connectivity index (χ2v) is 2.17. The van der Waals surface area contributed by atoms with Crippen LogP contribution in [0, 0.1) is 0 Å². The minimum absolute atomic E-state index is 0.370. The summed E-state index contributed by atoms with van der Waals surface area (Å²) in [6, 6.07) is 1.84. The monoisotopic (exact) mass is 149 g/mol. The molecule has 2 aliphatic heterocycles. The smallest absolute Gasteiger partial charge is 0.113 e. The van der Waals surface area contributed by atoms with Crippen LogP contribution < -0.4 is 5.73 Å². The molecule has 0 radical (unpaired) electrons. The third-order valence-electron chi connectivity index (χ3n) is 1.51. The molecule has 5 nitrogen and oxygen atoms in total. The maximum atomic E-state index is 5.42. The zero-order valence-corrected chi connectivity index (χ0v) is 5.78. The van der Waals surface area contributed by atoms with Gasteiger partial charge in [0.05, 0.1) is 5.69 Å². The molecule has 0 amide bonds. The quantitative estimate of drug-likeness (QED) is 0.586. The molecular formula is C6H7N5. The SMILES string of the molecule is NCc1nn[nH]c2ccnc1-2. The Balaban J connectivity index is 2.66. The molecular weight excluding hydrogens is 142 g/mol. The number of fused-ring (bicyclic) bond motifs is 1. The van der Waals surface area contributed by atoms with Crippen LogP contribution in [0.25, 0.3) is 11.4 Å². The van der Waals surface area contributed by atoms with E-state index < -0.39 is 0 Å². The van der Waals surface area contributed by atoms with Crippen molar-refractivity contribution in [2.75, 3.05) is 0 Å². The molecule has 0 fully saturated rings. The lowest BCUT2D eigenvalue weighted by Crippen LogP contribution is -2.05. The number of aromatic amines is 1. The van der Waals surface area contributed by atoms with Crippen molar-refractivity contribution in [1.82, 2.24) is 20.4 Å². The minimum atomic E-state index is 0.370. The summed E-state index contributed by atoms with van der Waals surface area (Å²) < 4.78 is 0. The summed E-state index contributed by atoms with van der Waals surface area (Å²) in [6.45, 7) is 0.370. The lowest BCUT2D eigenvalue weighted by molar-refractivity contribution is 0.804. The molecule has 0 unspecified atom stereocenters. The second kappa shape index (κ2) is 2.28. The van der Waals surface area contributed by atoms with Gasteiger partial charge in [0, 0.05) is 12.7 Å². The van der Waals surface area contributed by atoms with Crippen LogP contribution in [0.1, 0.15) is 5.69 Å². The van der Waals surface area contributed by atoms with Crippen molar-refractivity contribution in [3.05, 3.63) is 18.0 Å². The lowest BCUT2D eigenvalue weighted by atomic mass is 10.2. The van der Waals surface area contributed by atoms with Gasteiger partial charge in [-0.25, -0.2) is 0 Å². The van der Waals surface area contributed by atoms with Crippen molar-refractivity contribution in [1.29, 1.82) is 0 Å². The Bertz CT molecular complexity index is 328. The van der Waals surface area contributed by atoms with E-state index in [1.165, 1.54) is 0 Å². The van der Waals surface area contributed by atoms with Crippen molar-refractivity contribution in [2.45, 2.75) is 6.54 Å². The van der Waals surface area contributed by atoms with Gasteiger partial charge in [-0.2, -0.15) is 0 Å². The maximum Gasteiger partial charge on any atom is 0.113 e. The summed E-state index contributed by atoms with van der Waals surface area (Å²) in [6.07, 6.45) is 1.70. The summed E-state index contributed by atoms with van der Waals surface area (Å²) in [5, 5.41) is 10.2. The van der Waals surface area contributed by atoms with E-state index in [4.69, 9.17) is 5.73 Å². The van der Waals surface area contributed by atoms with Crippen molar-refractivity contribution in [3.8, 4) is 11.4 Å². The first-order valence-electron chi connectivity index (χ1n) is 3.26. The number of nitrogens with one attached hydrogen (secondary N) is 1. The summed E-state index contributed by atoms with van der Waals surface area (Å²) in [5.41, 5.74) is 7.83. The van der Waals surface area contributed by atoms with Gasteiger partial charge in [-0.1, -0.05) is 5.21 Å². The van der Waals surface area contributed by atoms with Crippen LogP contribution in [-0.2, 0) is 6.54 Å². The summed E-state index contributed by atoms with van der Waals surface area (Å²) in [4.78, 5) is 4.08. The molecule has 0 aromatic carbocycles. The van der Waals surface area contributed by atoms with Gasteiger partial charge in [-0.15, -0.1) is 5.10 Å². The zero-order chi connectivity index (χ0) is 7.68. The minimum Gasteiger partial charge on any atom is -0.325 e. The highest BCUT2D eigenvalue weighted by atomic mass is 15.3. The number of nitrogens with zero attached hydrogens (tertiary/aromatic N) is 3. The van der Waals surface area contributed by atoms with Gasteiger partial charge in [0.1, 0.15) is 11.4 Å². The molecule has 2 heterocycles. The fourth-order valence-electron chi connectivity index (χ4n) is 0.979. The number of rotatable bonds is 1. The summed E-state index contributed by atoms with van der Waals surface area (Å²) in [5.74, 6) is 0. The lowest BCUT2D eigenvalue weighted by Gasteiger charge is -1.99. The largest absolute Gasteiger partial charge is 0.325 e. The van der Waals surface area contributed by atoms with Gasteiger partial charge >= 0.3 is 0 Å². The molecule has 5 heteroatoms. The van der Waals surface area contributed by atoms with Crippen LogP contribution in [0.5, 0.6) is 0 Å². The van der Waals surface area contributed by atoms with E-state index in [1.54, 1.807) is 6.20 Å². The van der Waals surface area contributed by atoms with Crippen molar-refractivity contribution < 1.29 is 0 Å². The van der Waals surface area contributed by atoms with Crippen LogP contribution in [0.4, 0.5) is 0 Å². The van der Waals surface area contributed by atoms with E-state index in [-0.39, 0.29) is 0 Å². The molecule has 0 spiro atoms. The van der Waals surface area contributed by atoms with Crippen molar-refractivity contribution in [3.63, 3.8) is 0 Å². The highest BCUT2D eigenvalue weighted by Gasteiger charge is 2.09. The van der Waals surface area contributed by atoms with E-state index in [9.17, 15) is 0 Å². The molecule has 2 rings (SSSR count). The van der Waals surface area contributed by atoms with Crippen LogP contribution in [-0.4, -0.2) is 20.4 Å². The second-order valence-electron chi connectivity index (χ2n) is 2.17. The van der Waals surface area contributed by atoms with E-state index in [0.29, 0.717) is 6.54 Å².